The first-order chi connectivity index (χ1) is 11.2. The molecule has 0 saturated carbocycles. The Bertz CT molecular complexity index is 680. The van der Waals surface area contributed by atoms with Gasteiger partial charge >= 0.3 is 0 Å². The Balaban J connectivity index is 1.53. The van der Waals surface area contributed by atoms with Crippen LogP contribution in [0.2, 0.25) is 0 Å². The number of fused-ring (bicyclic) bond motifs is 1. The smallest absolute Gasteiger partial charge is 0.267 e. The average molecular weight is 315 g/mol. The number of amides is 1. The number of H-pyrrole nitrogens is 1. The molecule has 2 heterocycles. The van der Waals surface area contributed by atoms with Gasteiger partial charge in [0.05, 0.1) is 6.61 Å². The first-order valence-corrected chi connectivity index (χ1v) is 8.24. The third kappa shape index (κ3) is 3.92. The highest BCUT2D eigenvalue weighted by Crippen LogP contribution is 2.18. The molecular formula is C18H25N3O2. The van der Waals surface area contributed by atoms with Crippen LogP contribution in [0.5, 0.6) is 0 Å². The summed E-state index contributed by atoms with van der Waals surface area (Å²) in [6.07, 6.45) is 1.13. The van der Waals surface area contributed by atoms with Crippen molar-refractivity contribution < 1.29 is 9.53 Å². The Hall–Kier alpha value is -1.85. The number of carbonyl (C=O) groups excluding carboxylic acids is 1. The van der Waals surface area contributed by atoms with Crippen molar-refractivity contribution >= 4 is 16.8 Å². The molecule has 1 aromatic carbocycles. The fourth-order valence-corrected chi connectivity index (χ4v) is 3.20. The molecule has 5 nitrogen and oxygen atoms in total. The van der Waals surface area contributed by atoms with Gasteiger partial charge in [-0.3, -0.25) is 4.79 Å². The van der Waals surface area contributed by atoms with Gasteiger partial charge in [-0.1, -0.05) is 12.1 Å². The van der Waals surface area contributed by atoms with Gasteiger partial charge < -0.3 is 19.9 Å². The molecule has 0 spiro atoms. The van der Waals surface area contributed by atoms with Crippen LogP contribution in [0.25, 0.3) is 10.9 Å². The van der Waals surface area contributed by atoms with E-state index in [1.807, 2.05) is 12.1 Å². The van der Waals surface area contributed by atoms with Crippen LogP contribution in [0.1, 0.15) is 22.5 Å². The molecule has 1 aliphatic rings. The van der Waals surface area contributed by atoms with Crippen molar-refractivity contribution in [3.8, 4) is 0 Å². The number of aryl methyl sites for hydroxylation is 1. The van der Waals surface area contributed by atoms with Crippen molar-refractivity contribution in [1.29, 1.82) is 0 Å². The number of carbonyl (C=O) groups is 1. The van der Waals surface area contributed by atoms with E-state index in [0.29, 0.717) is 11.6 Å². The van der Waals surface area contributed by atoms with Crippen LogP contribution in [0.15, 0.2) is 24.3 Å². The van der Waals surface area contributed by atoms with E-state index in [2.05, 4.69) is 34.3 Å². The Morgan fingerprint density at radius 2 is 2.30 bits per heavy atom. The van der Waals surface area contributed by atoms with Crippen LogP contribution in [0.4, 0.5) is 0 Å². The lowest BCUT2D eigenvalue weighted by Crippen LogP contribution is -2.31. The van der Waals surface area contributed by atoms with Crippen LogP contribution in [0.3, 0.4) is 0 Å². The molecule has 5 heteroatoms. The van der Waals surface area contributed by atoms with Gasteiger partial charge in [0.25, 0.3) is 5.91 Å². The summed E-state index contributed by atoms with van der Waals surface area (Å²) in [5.41, 5.74) is 2.84. The summed E-state index contributed by atoms with van der Waals surface area (Å²) >= 11 is 0. The summed E-state index contributed by atoms with van der Waals surface area (Å²) < 4.78 is 5.12. The van der Waals surface area contributed by atoms with Crippen molar-refractivity contribution in [3.05, 3.63) is 35.5 Å². The Morgan fingerprint density at radius 3 is 3.13 bits per heavy atom. The highest BCUT2D eigenvalue weighted by atomic mass is 16.5. The zero-order valence-electron chi connectivity index (χ0n) is 13.9. The summed E-state index contributed by atoms with van der Waals surface area (Å²) in [6, 6.07) is 8.09. The predicted molar refractivity (Wildman–Crippen MR) is 91.8 cm³/mol. The van der Waals surface area contributed by atoms with E-state index in [-0.39, 0.29) is 5.91 Å². The number of hydrogen-bond donors (Lipinski definition) is 2. The van der Waals surface area contributed by atoms with E-state index < -0.39 is 0 Å². The summed E-state index contributed by atoms with van der Waals surface area (Å²) in [5.74, 6) is 0.511. The molecule has 2 N–H and O–H groups in total. The highest BCUT2D eigenvalue weighted by molar-refractivity contribution is 5.98. The molecule has 23 heavy (non-hydrogen) atoms. The molecule has 3 rings (SSSR count). The molecule has 1 atom stereocenters. The maximum Gasteiger partial charge on any atom is 0.267 e. The molecule has 0 radical (unpaired) electrons. The number of aromatic nitrogens is 1. The Kier molecular flexibility index (Phi) is 4.98. The summed E-state index contributed by atoms with van der Waals surface area (Å²) in [5, 5.41) is 4.14. The maximum atomic E-state index is 12.3. The van der Waals surface area contributed by atoms with Crippen molar-refractivity contribution in [2.24, 2.45) is 5.92 Å². The number of likely N-dealkylation sites (tertiary alicyclic amines) is 1. The third-order valence-electron chi connectivity index (χ3n) is 4.56. The molecule has 2 aromatic rings. The van der Waals surface area contributed by atoms with Crippen molar-refractivity contribution in [2.75, 3.05) is 39.9 Å². The number of nitrogens with one attached hydrogen (secondary N) is 2. The first kappa shape index (κ1) is 16.0. The number of aromatic amines is 1. The van der Waals surface area contributed by atoms with E-state index in [1.54, 1.807) is 7.11 Å². The Morgan fingerprint density at radius 1 is 1.43 bits per heavy atom. The standard InChI is InChI=1S/C18H25N3O2/c1-13-3-4-15-10-17(20-16(15)9-13)18(22)19-11-14-5-6-21(12-14)7-8-23-2/h3-4,9-10,14,20H,5-8,11-12H2,1-2H3,(H,19,22)/t14-/m0/s1. The zero-order valence-corrected chi connectivity index (χ0v) is 13.9. The van der Waals surface area contributed by atoms with Gasteiger partial charge in [-0.25, -0.2) is 0 Å². The van der Waals surface area contributed by atoms with Crippen molar-refractivity contribution in [1.82, 2.24) is 15.2 Å². The summed E-state index contributed by atoms with van der Waals surface area (Å²) in [4.78, 5) is 17.9. The van der Waals surface area contributed by atoms with Gasteiger partial charge in [0.1, 0.15) is 5.69 Å². The molecule has 1 saturated heterocycles. The molecule has 0 aliphatic carbocycles. The molecule has 0 bridgehead atoms. The molecule has 1 aromatic heterocycles. The van der Waals surface area contributed by atoms with E-state index in [0.717, 1.165) is 50.1 Å². The van der Waals surface area contributed by atoms with Crippen LogP contribution in [0, 0.1) is 12.8 Å². The van der Waals surface area contributed by atoms with Crippen molar-refractivity contribution in [3.63, 3.8) is 0 Å². The van der Waals surface area contributed by atoms with Crippen LogP contribution in [-0.4, -0.2) is 55.7 Å². The van der Waals surface area contributed by atoms with Gasteiger partial charge in [-0.05, 0) is 43.5 Å². The third-order valence-corrected chi connectivity index (χ3v) is 4.56. The first-order valence-electron chi connectivity index (χ1n) is 8.24. The molecule has 124 valence electrons. The maximum absolute atomic E-state index is 12.3. The Labute approximate surface area is 137 Å². The van der Waals surface area contributed by atoms with Crippen LogP contribution < -0.4 is 5.32 Å². The second-order valence-corrected chi connectivity index (χ2v) is 6.43. The van der Waals surface area contributed by atoms with Gasteiger partial charge in [-0.15, -0.1) is 0 Å². The van der Waals surface area contributed by atoms with Crippen LogP contribution in [-0.2, 0) is 4.74 Å². The highest BCUT2D eigenvalue weighted by Gasteiger charge is 2.22. The lowest BCUT2D eigenvalue weighted by atomic mass is 10.1. The molecule has 1 amide bonds. The fourth-order valence-electron chi connectivity index (χ4n) is 3.20. The minimum absolute atomic E-state index is 0.0193. The number of methoxy groups -OCH3 is 1. The topological polar surface area (TPSA) is 57.4 Å². The normalized spacial score (nSPS) is 18.6. The molecule has 1 fully saturated rings. The SMILES string of the molecule is COCCN1CC[C@@H](CNC(=O)c2cc3ccc(C)cc3[nH]2)C1. The predicted octanol–water partition coefficient (Wildman–Crippen LogP) is 2.17. The molecular weight excluding hydrogens is 290 g/mol. The fraction of sp³-hybridized carbons (Fsp3) is 0.500. The summed E-state index contributed by atoms with van der Waals surface area (Å²) in [7, 11) is 1.73. The molecule has 0 unspecified atom stereocenters. The van der Waals surface area contributed by atoms with E-state index >= 15 is 0 Å². The van der Waals surface area contributed by atoms with Gasteiger partial charge in [0.15, 0.2) is 0 Å². The van der Waals surface area contributed by atoms with E-state index in [4.69, 9.17) is 4.74 Å². The van der Waals surface area contributed by atoms with Gasteiger partial charge in [0, 0.05) is 37.6 Å². The minimum Gasteiger partial charge on any atom is -0.383 e. The lowest BCUT2D eigenvalue weighted by Gasteiger charge is -2.15. The summed E-state index contributed by atoms with van der Waals surface area (Å²) in [6.45, 7) is 6.66. The number of hydrogen-bond acceptors (Lipinski definition) is 3. The second kappa shape index (κ2) is 7.15. The molecule has 1 aliphatic heterocycles. The number of ether oxygens (including phenoxy) is 1. The average Bonchev–Trinajstić information content (AvgIpc) is 3.16. The zero-order chi connectivity index (χ0) is 16.2. The largest absolute Gasteiger partial charge is 0.383 e. The quantitative estimate of drug-likeness (QED) is 0.859. The van der Waals surface area contributed by atoms with Gasteiger partial charge in [-0.2, -0.15) is 0 Å². The van der Waals surface area contributed by atoms with E-state index in [1.165, 1.54) is 5.56 Å². The lowest BCUT2D eigenvalue weighted by molar-refractivity contribution is 0.0942. The number of rotatable bonds is 6. The second-order valence-electron chi connectivity index (χ2n) is 6.43. The minimum atomic E-state index is -0.0193. The van der Waals surface area contributed by atoms with E-state index in [9.17, 15) is 4.79 Å². The van der Waals surface area contributed by atoms with Gasteiger partial charge in [0.2, 0.25) is 0 Å². The monoisotopic (exact) mass is 315 g/mol. The number of nitrogens with zero attached hydrogens (tertiary/aromatic N) is 1. The van der Waals surface area contributed by atoms with Crippen LogP contribution >= 0.6 is 0 Å². The number of benzene rings is 1. The van der Waals surface area contributed by atoms with Crippen molar-refractivity contribution in [2.45, 2.75) is 13.3 Å².